The van der Waals surface area contributed by atoms with Crippen molar-refractivity contribution in [3.8, 4) is 0 Å². The van der Waals surface area contributed by atoms with Crippen LogP contribution in [-0.4, -0.2) is 30.3 Å². The molecule has 1 aromatic carbocycles. The first-order valence-electron chi connectivity index (χ1n) is 8.44. The number of hydrogen-bond acceptors (Lipinski definition) is 6. The number of fused-ring (bicyclic) bond motifs is 1. The summed E-state index contributed by atoms with van der Waals surface area (Å²) in [6.45, 7) is 4.29. The number of thiazole rings is 1. The zero-order valence-electron chi connectivity index (χ0n) is 14.5. The summed E-state index contributed by atoms with van der Waals surface area (Å²) < 4.78 is 0. The van der Waals surface area contributed by atoms with Crippen LogP contribution in [0.2, 0.25) is 0 Å². The number of para-hydroxylation sites is 1. The Bertz CT molecular complexity index is 793. The van der Waals surface area contributed by atoms with E-state index in [1.807, 2.05) is 30.6 Å². The Hall–Kier alpha value is -1.89. The molecule has 132 valence electrons. The van der Waals surface area contributed by atoms with Crippen molar-refractivity contribution < 1.29 is 10.2 Å². The fourth-order valence-electron chi connectivity index (χ4n) is 3.98. The summed E-state index contributed by atoms with van der Waals surface area (Å²) in [5, 5.41) is 30.7. The van der Waals surface area contributed by atoms with Crippen molar-refractivity contribution in [1.82, 2.24) is 4.98 Å². The second-order valence-corrected chi connectivity index (χ2v) is 8.16. The molecule has 1 aliphatic carbocycles. The fraction of sp³-hybridized carbons (Fsp3) is 0.421. The van der Waals surface area contributed by atoms with E-state index in [-0.39, 0.29) is 5.41 Å². The monoisotopic (exact) mass is 355 g/mol. The second kappa shape index (κ2) is 5.83. The van der Waals surface area contributed by atoms with Crippen LogP contribution >= 0.6 is 11.3 Å². The molecule has 1 aliphatic heterocycles. The third-order valence-electron chi connectivity index (χ3n) is 5.48. The summed E-state index contributed by atoms with van der Waals surface area (Å²) in [6, 6.07) is 7.63. The van der Waals surface area contributed by atoms with Gasteiger partial charge in [-0.3, -0.25) is 0 Å². The van der Waals surface area contributed by atoms with E-state index < -0.39 is 24.2 Å². The summed E-state index contributed by atoms with van der Waals surface area (Å²) in [4.78, 5) is 6.21. The van der Waals surface area contributed by atoms with Gasteiger partial charge in [0, 0.05) is 41.5 Å². The number of rotatable bonds is 3. The molecule has 2 unspecified atom stereocenters. The first-order valence-corrected chi connectivity index (χ1v) is 9.32. The first kappa shape index (κ1) is 16.6. The summed E-state index contributed by atoms with van der Waals surface area (Å²) in [5.74, 6) is -0.511. The highest BCUT2D eigenvalue weighted by Gasteiger charge is 2.42. The van der Waals surface area contributed by atoms with Crippen LogP contribution in [-0.2, 0) is 5.41 Å². The lowest BCUT2D eigenvalue weighted by Crippen LogP contribution is -2.72. The van der Waals surface area contributed by atoms with E-state index in [1.165, 1.54) is 16.9 Å². The predicted octanol–water partition coefficient (Wildman–Crippen LogP) is 1.32. The molecule has 0 bridgehead atoms. The van der Waals surface area contributed by atoms with E-state index in [0.29, 0.717) is 5.13 Å². The third-order valence-corrected chi connectivity index (χ3v) is 6.18. The van der Waals surface area contributed by atoms with Gasteiger partial charge in [0.05, 0.1) is 0 Å². The summed E-state index contributed by atoms with van der Waals surface area (Å²) in [5.41, 5.74) is 3.19. The molecule has 4 rings (SSSR count). The molecule has 2 aromatic rings. The molecule has 1 fully saturated rings. The van der Waals surface area contributed by atoms with E-state index >= 15 is 0 Å². The average Bonchev–Trinajstić information content (AvgIpc) is 3.18. The van der Waals surface area contributed by atoms with E-state index in [0.717, 1.165) is 11.4 Å². The molecule has 0 radical (unpaired) electrons. The highest BCUT2D eigenvalue weighted by molar-refractivity contribution is 7.13. The van der Waals surface area contributed by atoms with Gasteiger partial charge < -0.3 is 20.4 Å². The molecule has 2 aliphatic rings. The lowest BCUT2D eigenvalue weighted by Gasteiger charge is -2.60. The van der Waals surface area contributed by atoms with Gasteiger partial charge in [-0.15, -0.1) is 23.5 Å². The van der Waals surface area contributed by atoms with Crippen LogP contribution in [0, 0.1) is 5.92 Å². The lowest BCUT2D eigenvalue weighted by atomic mass is 9.71. The van der Waals surface area contributed by atoms with Crippen LogP contribution in [0.3, 0.4) is 0 Å². The Morgan fingerprint density at radius 2 is 1.96 bits per heavy atom. The quantitative estimate of drug-likeness (QED) is 0.899. The Labute approximate surface area is 151 Å². The molecule has 1 aromatic heterocycles. The Morgan fingerprint density at radius 3 is 2.60 bits per heavy atom. The average molecular weight is 355 g/mol. The number of aromatic nitrogens is 1. The molecule has 0 saturated heterocycles. The van der Waals surface area contributed by atoms with Crippen molar-refractivity contribution in [2.24, 2.45) is 5.92 Å². The van der Waals surface area contributed by atoms with Crippen molar-refractivity contribution >= 4 is 22.2 Å². The minimum Gasteiger partial charge on any atom is -0.850 e. The molecule has 25 heavy (non-hydrogen) atoms. The third kappa shape index (κ3) is 2.47. The minimum atomic E-state index is -0.952. The van der Waals surface area contributed by atoms with Crippen molar-refractivity contribution in [3.05, 3.63) is 53.2 Å². The zero-order chi connectivity index (χ0) is 17.8. The lowest BCUT2D eigenvalue weighted by molar-refractivity contribution is -0.537. The molecule has 2 heterocycles. The maximum absolute atomic E-state index is 12.6. The van der Waals surface area contributed by atoms with Crippen molar-refractivity contribution in [2.75, 3.05) is 17.3 Å². The molecule has 1 N–H and O–H groups in total. The number of anilines is 2. The number of hydrogen-bond donors (Lipinski definition) is 1. The fourth-order valence-corrected chi connectivity index (χ4v) is 4.56. The Kier molecular flexibility index (Phi) is 3.86. The minimum absolute atomic E-state index is 0.210. The maximum Gasteiger partial charge on any atom is 0.182 e. The van der Waals surface area contributed by atoms with Crippen LogP contribution in [0.5, 0.6) is 0 Å². The molecular formula is C19H21N3O2S-2. The van der Waals surface area contributed by atoms with Gasteiger partial charge >= 0.3 is 0 Å². The second-order valence-electron chi connectivity index (χ2n) is 7.27. The zero-order valence-corrected chi connectivity index (χ0v) is 15.3. The van der Waals surface area contributed by atoms with Gasteiger partial charge in [0.1, 0.15) is 0 Å². The van der Waals surface area contributed by atoms with E-state index in [1.54, 1.807) is 6.20 Å². The van der Waals surface area contributed by atoms with Crippen LogP contribution in [0.15, 0.2) is 47.6 Å². The van der Waals surface area contributed by atoms with Gasteiger partial charge in [-0.1, -0.05) is 38.1 Å². The normalized spacial score (nSPS) is 31.7. The van der Waals surface area contributed by atoms with Gasteiger partial charge in [-0.2, -0.15) is 0 Å². The highest BCUT2D eigenvalue weighted by atomic mass is 32.1. The molecule has 0 amide bonds. The van der Waals surface area contributed by atoms with Gasteiger partial charge in [-0.05, 0) is 17.5 Å². The first-order chi connectivity index (χ1) is 11.9. The Morgan fingerprint density at radius 1 is 1.24 bits per heavy atom. The standard InChI is InChI=1S/C19H21N3O2S/c1-19(2)12-6-4-5-7-13(12)22(3)14(19)10-11-16(23)15(17(11)24)21-18-20-8-9-25-18/h4-11,15-17H,1-3H3,(H,20,21)/q-2. The number of benzene rings is 1. The van der Waals surface area contributed by atoms with Crippen molar-refractivity contribution in [1.29, 1.82) is 0 Å². The highest BCUT2D eigenvalue weighted by Crippen LogP contribution is 2.48. The number of likely N-dealkylation sites (N-methyl/N-ethyl adjacent to an activating group) is 1. The SMILES string of the molecule is CN1C(=CC2C([O-])C(Nc3nccs3)C2[O-])C(C)(C)c2ccccc21. The van der Waals surface area contributed by atoms with Crippen LogP contribution in [0.1, 0.15) is 19.4 Å². The van der Waals surface area contributed by atoms with Gasteiger partial charge in [0.2, 0.25) is 0 Å². The molecular weight excluding hydrogens is 334 g/mol. The molecule has 0 spiro atoms. The van der Waals surface area contributed by atoms with E-state index in [2.05, 4.69) is 41.2 Å². The predicted molar refractivity (Wildman–Crippen MR) is 96.5 cm³/mol. The van der Waals surface area contributed by atoms with Crippen LogP contribution in [0.25, 0.3) is 0 Å². The molecule has 2 atom stereocenters. The van der Waals surface area contributed by atoms with E-state index in [9.17, 15) is 10.2 Å². The van der Waals surface area contributed by atoms with Crippen LogP contribution in [0.4, 0.5) is 10.8 Å². The van der Waals surface area contributed by atoms with E-state index in [4.69, 9.17) is 0 Å². The van der Waals surface area contributed by atoms with Gasteiger partial charge in [-0.25, -0.2) is 4.98 Å². The molecule has 6 heteroatoms. The molecule has 5 nitrogen and oxygen atoms in total. The van der Waals surface area contributed by atoms with Crippen molar-refractivity contribution in [3.63, 3.8) is 0 Å². The number of nitrogens with one attached hydrogen (secondary N) is 1. The largest absolute Gasteiger partial charge is 0.850 e. The summed E-state index contributed by atoms with van der Waals surface area (Å²) in [7, 11) is 2.00. The topological polar surface area (TPSA) is 74.3 Å². The molecule has 1 saturated carbocycles. The Balaban J connectivity index is 1.58. The van der Waals surface area contributed by atoms with Gasteiger partial charge in [0.25, 0.3) is 0 Å². The van der Waals surface area contributed by atoms with Crippen molar-refractivity contribution in [2.45, 2.75) is 37.5 Å². The summed E-state index contributed by atoms with van der Waals surface area (Å²) in [6.07, 6.45) is 1.67. The summed E-state index contributed by atoms with van der Waals surface area (Å²) >= 11 is 1.41. The number of nitrogens with zero attached hydrogens (tertiary/aromatic N) is 2. The maximum atomic E-state index is 12.6. The smallest absolute Gasteiger partial charge is 0.182 e. The van der Waals surface area contributed by atoms with Crippen LogP contribution < -0.4 is 20.4 Å². The van der Waals surface area contributed by atoms with Gasteiger partial charge in [0.15, 0.2) is 5.13 Å². The number of allylic oxidation sites excluding steroid dienone is 1.